The predicted octanol–water partition coefficient (Wildman–Crippen LogP) is 4.12. The van der Waals surface area contributed by atoms with Crippen LogP contribution in [0.1, 0.15) is 37.1 Å². The summed E-state index contributed by atoms with van der Waals surface area (Å²) < 4.78 is 4.85. The summed E-state index contributed by atoms with van der Waals surface area (Å²) in [5.74, 6) is 0.117. The van der Waals surface area contributed by atoms with Gasteiger partial charge in [-0.25, -0.2) is 0 Å². The van der Waals surface area contributed by atoms with Gasteiger partial charge in [-0.15, -0.1) is 0 Å². The standard InChI is InChI=1S/C20H20N2O2/c1-14(18-8-4-6-15-5-2-3-7-19(15)18)22(17-9-10-17)20(23)13-16-11-12-24-21-16/h2-8,11-12,14,17H,9-10,13H2,1H3. The number of nitrogens with zero attached hydrogens (tertiary/aromatic N) is 2. The van der Waals surface area contributed by atoms with Gasteiger partial charge in [-0.2, -0.15) is 0 Å². The smallest absolute Gasteiger partial charge is 0.229 e. The summed E-state index contributed by atoms with van der Waals surface area (Å²) in [7, 11) is 0. The number of fused-ring (bicyclic) bond motifs is 1. The van der Waals surface area contributed by atoms with E-state index in [4.69, 9.17) is 4.52 Å². The molecule has 1 aliphatic carbocycles. The summed E-state index contributed by atoms with van der Waals surface area (Å²) in [5.41, 5.74) is 1.89. The highest BCUT2D eigenvalue weighted by molar-refractivity contribution is 5.87. The molecule has 4 heteroatoms. The number of hydrogen-bond acceptors (Lipinski definition) is 3. The number of amides is 1. The molecule has 4 rings (SSSR count). The minimum absolute atomic E-state index is 0.0444. The van der Waals surface area contributed by atoms with Crippen LogP contribution in [0.2, 0.25) is 0 Å². The molecule has 3 aromatic rings. The SMILES string of the molecule is CC(c1cccc2ccccc12)N(C(=O)Cc1ccon1)C1CC1. The van der Waals surface area contributed by atoms with Gasteiger partial charge in [-0.05, 0) is 36.1 Å². The lowest BCUT2D eigenvalue weighted by molar-refractivity contribution is -0.133. The number of aromatic nitrogens is 1. The maximum absolute atomic E-state index is 12.9. The first-order chi connectivity index (χ1) is 11.7. The van der Waals surface area contributed by atoms with Crippen molar-refractivity contribution in [3.05, 3.63) is 66.1 Å². The second-order valence-electron chi connectivity index (χ2n) is 6.44. The van der Waals surface area contributed by atoms with Crippen molar-refractivity contribution in [3.8, 4) is 0 Å². The van der Waals surface area contributed by atoms with Gasteiger partial charge < -0.3 is 9.42 Å². The summed E-state index contributed by atoms with van der Waals surface area (Å²) in [5, 5.41) is 6.30. The number of rotatable bonds is 5. The lowest BCUT2D eigenvalue weighted by Crippen LogP contribution is -2.36. The molecule has 1 aromatic heterocycles. The molecule has 24 heavy (non-hydrogen) atoms. The van der Waals surface area contributed by atoms with Gasteiger partial charge in [0.25, 0.3) is 0 Å². The summed E-state index contributed by atoms with van der Waals surface area (Å²) in [6.07, 6.45) is 3.97. The van der Waals surface area contributed by atoms with Gasteiger partial charge in [0.1, 0.15) is 6.26 Å². The average Bonchev–Trinajstić information content (AvgIpc) is 3.30. The Bertz CT molecular complexity index is 848. The normalized spacial score (nSPS) is 15.4. The number of carbonyl (C=O) groups is 1. The molecule has 1 amide bonds. The molecule has 1 atom stereocenters. The van der Waals surface area contributed by atoms with Gasteiger partial charge in [0.2, 0.25) is 5.91 Å². The third-order valence-corrected chi connectivity index (χ3v) is 4.74. The van der Waals surface area contributed by atoms with Crippen LogP contribution < -0.4 is 0 Å². The molecule has 4 nitrogen and oxygen atoms in total. The van der Waals surface area contributed by atoms with Crippen molar-refractivity contribution < 1.29 is 9.32 Å². The van der Waals surface area contributed by atoms with Gasteiger partial charge in [0.15, 0.2) is 0 Å². The molecule has 1 saturated carbocycles. The second-order valence-corrected chi connectivity index (χ2v) is 6.44. The van der Waals surface area contributed by atoms with Crippen LogP contribution in [0, 0.1) is 0 Å². The van der Waals surface area contributed by atoms with Crippen molar-refractivity contribution in [2.24, 2.45) is 0 Å². The van der Waals surface area contributed by atoms with E-state index in [-0.39, 0.29) is 11.9 Å². The molecule has 122 valence electrons. The van der Waals surface area contributed by atoms with E-state index in [1.807, 2.05) is 11.0 Å². The fourth-order valence-corrected chi connectivity index (χ4v) is 3.43. The van der Waals surface area contributed by atoms with E-state index in [9.17, 15) is 4.79 Å². The van der Waals surface area contributed by atoms with Crippen molar-refractivity contribution >= 4 is 16.7 Å². The highest BCUT2D eigenvalue weighted by Crippen LogP contribution is 2.37. The third-order valence-electron chi connectivity index (χ3n) is 4.74. The summed E-state index contributed by atoms with van der Waals surface area (Å²) in [6, 6.07) is 16.8. The lowest BCUT2D eigenvalue weighted by Gasteiger charge is -2.30. The van der Waals surface area contributed by atoms with Crippen LogP contribution in [-0.4, -0.2) is 22.0 Å². The van der Waals surface area contributed by atoms with E-state index < -0.39 is 0 Å². The first kappa shape index (κ1) is 14.9. The van der Waals surface area contributed by atoms with E-state index in [2.05, 4.69) is 48.5 Å². The molecule has 0 bridgehead atoms. The van der Waals surface area contributed by atoms with Gasteiger partial charge in [0.05, 0.1) is 18.2 Å². The largest absolute Gasteiger partial charge is 0.364 e. The monoisotopic (exact) mass is 320 g/mol. The molecule has 0 radical (unpaired) electrons. The van der Waals surface area contributed by atoms with Crippen LogP contribution in [0.15, 0.2) is 59.3 Å². The van der Waals surface area contributed by atoms with E-state index in [1.165, 1.54) is 22.6 Å². The Morgan fingerprint density at radius 2 is 2.00 bits per heavy atom. The number of carbonyl (C=O) groups excluding carboxylic acids is 1. The minimum atomic E-state index is 0.0444. The Balaban J connectivity index is 1.66. The highest BCUT2D eigenvalue weighted by atomic mass is 16.5. The molecule has 0 N–H and O–H groups in total. The van der Waals surface area contributed by atoms with Gasteiger partial charge >= 0.3 is 0 Å². The molecule has 0 aliphatic heterocycles. The first-order valence-electron chi connectivity index (χ1n) is 8.42. The molecular weight excluding hydrogens is 300 g/mol. The second kappa shape index (κ2) is 6.11. The van der Waals surface area contributed by atoms with Crippen molar-refractivity contribution in [2.45, 2.75) is 38.3 Å². The lowest BCUT2D eigenvalue weighted by atomic mass is 9.98. The third kappa shape index (κ3) is 2.80. The minimum Gasteiger partial charge on any atom is -0.364 e. The Kier molecular flexibility index (Phi) is 3.81. The van der Waals surface area contributed by atoms with Gasteiger partial charge in [-0.3, -0.25) is 4.79 Å². The molecule has 0 spiro atoms. The maximum Gasteiger partial charge on any atom is 0.229 e. The van der Waals surface area contributed by atoms with E-state index in [1.54, 1.807) is 6.07 Å². The Labute approximate surface area is 141 Å². The van der Waals surface area contributed by atoms with E-state index >= 15 is 0 Å². The van der Waals surface area contributed by atoms with Crippen molar-refractivity contribution in [1.29, 1.82) is 0 Å². The first-order valence-corrected chi connectivity index (χ1v) is 8.42. The van der Waals surface area contributed by atoms with Crippen LogP contribution in [0.3, 0.4) is 0 Å². The summed E-state index contributed by atoms with van der Waals surface area (Å²) in [6.45, 7) is 2.13. The quantitative estimate of drug-likeness (QED) is 0.710. The number of hydrogen-bond donors (Lipinski definition) is 0. The summed E-state index contributed by atoms with van der Waals surface area (Å²) in [4.78, 5) is 14.9. The highest BCUT2D eigenvalue weighted by Gasteiger charge is 2.36. The predicted molar refractivity (Wildman–Crippen MR) is 92.4 cm³/mol. The Morgan fingerprint density at radius 1 is 1.21 bits per heavy atom. The van der Waals surface area contributed by atoms with Crippen molar-refractivity contribution in [1.82, 2.24) is 10.1 Å². The molecule has 0 saturated heterocycles. The van der Waals surface area contributed by atoms with Crippen LogP contribution in [-0.2, 0) is 11.2 Å². The fourth-order valence-electron chi connectivity index (χ4n) is 3.43. The van der Waals surface area contributed by atoms with Crippen LogP contribution in [0.4, 0.5) is 0 Å². The Hall–Kier alpha value is -2.62. The zero-order chi connectivity index (χ0) is 16.5. The zero-order valence-corrected chi connectivity index (χ0v) is 13.7. The van der Waals surface area contributed by atoms with Gasteiger partial charge in [-0.1, -0.05) is 47.6 Å². The Morgan fingerprint density at radius 3 is 2.75 bits per heavy atom. The fraction of sp³-hybridized carbons (Fsp3) is 0.300. The zero-order valence-electron chi connectivity index (χ0n) is 13.7. The average molecular weight is 320 g/mol. The van der Waals surface area contributed by atoms with Crippen molar-refractivity contribution in [3.63, 3.8) is 0 Å². The molecular formula is C20H20N2O2. The molecule has 1 unspecified atom stereocenters. The summed E-state index contributed by atoms with van der Waals surface area (Å²) >= 11 is 0. The van der Waals surface area contributed by atoms with Gasteiger partial charge in [0, 0.05) is 12.1 Å². The van der Waals surface area contributed by atoms with Crippen LogP contribution in [0.5, 0.6) is 0 Å². The van der Waals surface area contributed by atoms with E-state index in [0.717, 1.165) is 12.8 Å². The van der Waals surface area contributed by atoms with Crippen LogP contribution >= 0.6 is 0 Å². The van der Waals surface area contributed by atoms with Crippen LogP contribution in [0.25, 0.3) is 10.8 Å². The molecule has 1 fully saturated rings. The van der Waals surface area contributed by atoms with E-state index in [0.29, 0.717) is 18.2 Å². The number of benzene rings is 2. The molecule has 1 aliphatic rings. The molecule has 2 aromatic carbocycles. The topological polar surface area (TPSA) is 46.3 Å². The maximum atomic E-state index is 12.9. The molecule has 1 heterocycles. The van der Waals surface area contributed by atoms with Crippen molar-refractivity contribution in [2.75, 3.05) is 0 Å².